The maximum atomic E-state index is 12.8. The van der Waals surface area contributed by atoms with Gasteiger partial charge < -0.3 is 9.64 Å². The predicted octanol–water partition coefficient (Wildman–Crippen LogP) is 1.10. The van der Waals surface area contributed by atoms with Gasteiger partial charge in [-0.1, -0.05) is 11.3 Å². The minimum atomic E-state index is -0.641. The number of fused-ring (bicyclic) bond motifs is 1. The summed E-state index contributed by atoms with van der Waals surface area (Å²) in [4.78, 5) is 42.3. The first-order valence-electron chi connectivity index (χ1n) is 9.75. The van der Waals surface area contributed by atoms with Crippen molar-refractivity contribution in [3.8, 4) is 23.0 Å². The van der Waals surface area contributed by atoms with E-state index in [9.17, 15) is 14.4 Å². The van der Waals surface area contributed by atoms with Crippen molar-refractivity contribution in [1.29, 1.82) is 0 Å². The number of pyridine rings is 1. The summed E-state index contributed by atoms with van der Waals surface area (Å²) in [7, 11) is 1.55. The van der Waals surface area contributed by atoms with Crippen molar-refractivity contribution in [2.75, 3.05) is 7.11 Å². The van der Waals surface area contributed by atoms with Crippen LogP contribution in [0.2, 0.25) is 0 Å². The van der Waals surface area contributed by atoms with Gasteiger partial charge in [-0.3, -0.25) is 19.7 Å². The monoisotopic (exact) mass is 418 g/mol. The maximum Gasteiger partial charge on any atom is 0.255 e. The summed E-state index contributed by atoms with van der Waals surface area (Å²) in [6, 6.07) is 10.1. The smallest absolute Gasteiger partial charge is 0.255 e. The van der Waals surface area contributed by atoms with E-state index in [2.05, 4.69) is 20.6 Å². The number of rotatable bonds is 4. The largest absolute Gasteiger partial charge is 0.481 e. The zero-order valence-corrected chi connectivity index (χ0v) is 16.6. The van der Waals surface area contributed by atoms with E-state index in [0.717, 1.165) is 11.3 Å². The third-order valence-corrected chi connectivity index (χ3v) is 5.46. The van der Waals surface area contributed by atoms with Gasteiger partial charge in [-0.15, -0.1) is 5.10 Å². The highest BCUT2D eigenvalue weighted by Gasteiger charge is 2.39. The molecule has 10 heteroatoms. The molecule has 4 heterocycles. The summed E-state index contributed by atoms with van der Waals surface area (Å²) in [6.45, 7) is 0.299. The summed E-state index contributed by atoms with van der Waals surface area (Å²) >= 11 is 0. The lowest BCUT2D eigenvalue weighted by Crippen LogP contribution is -2.52. The quantitative estimate of drug-likeness (QED) is 0.630. The van der Waals surface area contributed by atoms with Crippen LogP contribution in [-0.4, -0.2) is 55.8 Å². The second-order valence-corrected chi connectivity index (χ2v) is 7.35. The van der Waals surface area contributed by atoms with E-state index in [1.54, 1.807) is 36.2 Å². The van der Waals surface area contributed by atoms with Crippen LogP contribution in [0.1, 0.15) is 28.8 Å². The lowest BCUT2D eigenvalue weighted by atomic mass is 10.0. The van der Waals surface area contributed by atoms with E-state index in [4.69, 9.17) is 4.74 Å². The molecule has 0 saturated carbocycles. The van der Waals surface area contributed by atoms with Gasteiger partial charge in [-0.2, -0.15) is 0 Å². The number of nitrogens with one attached hydrogen (secondary N) is 1. The molecule has 1 saturated heterocycles. The van der Waals surface area contributed by atoms with E-state index in [0.29, 0.717) is 35.8 Å². The van der Waals surface area contributed by atoms with Crippen molar-refractivity contribution in [2.45, 2.75) is 25.4 Å². The first kappa shape index (κ1) is 18.9. The fourth-order valence-corrected chi connectivity index (χ4v) is 3.88. The third-order valence-electron chi connectivity index (χ3n) is 5.46. The van der Waals surface area contributed by atoms with Crippen molar-refractivity contribution in [2.24, 2.45) is 0 Å². The maximum absolute atomic E-state index is 12.8. The number of nitrogens with zero attached hydrogens (tertiary/aromatic N) is 5. The standard InChI is InChI=1S/C21H18N6O4/c1-31-19-4-2-3-15(22-19)16-11-27(25-24-16)13-5-6-14-12(9-13)10-26(21(14)30)17-7-8-18(28)23-20(17)29/h2-6,9,11,17H,7-8,10H2,1H3,(H,23,28,29). The molecular formula is C21H18N6O4. The Hall–Kier alpha value is -4.08. The highest BCUT2D eigenvalue weighted by molar-refractivity contribution is 6.05. The molecule has 0 spiro atoms. The van der Waals surface area contributed by atoms with E-state index in [1.165, 1.54) is 4.90 Å². The molecule has 156 valence electrons. The highest BCUT2D eigenvalue weighted by Crippen LogP contribution is 2.29. The van der Waals surface area contributed by atoms with Crippen LogP contribution in [0.25, 0.3) is 17.1 Å². The normalized spacial score (nSPS) is 18.2. The summed E-state index contributed by atoms with van der Waals surface area (Å²) in [5.74, 6) is -0.461. The molecule has 1 atom stereocenters. The van der Waals surface area contributed by atoms with Gasteiger partial charge >= 0.3 is 0 Å². The number of benzene rings is 1. The molecule has 3 aromatic rings. The summed E-state index contributed by atoms with van der Waals surface area (Å²) in [6.07, 6.45) is 2.30. The summed E-state index contributed by atoms with van der Waals surface area (Å²) in [5, 5.41) is 10.7. The molecule has 1 aromatic carbocycles. The second kappa shape index (κ2) is 7.31. The van der Waals surface area contributed by atoms with Crippen LogP contribution in [0, 0.1) is 0 Å². The van der Waals surface area contributed by atoms with Gasteiger partial charge in [0, 0.05) is 24.6 Å². The number of hydrogen-bond donors (Lipinski definition) is 1. The highest BCUT2D eigenvalue weighted by atomic mass is 16.5. The van der Waals surface area contributed by atoms with Gasteiger partial charge in [0.1, 0.15) is 11.7 Å². The lowest BCUT2D eigenvalue weighted by Gasteiger charge is -2.29. The molecule has 0 bridgehead atoms. The van der Waals surface area contributed by atoms with Gasteiger partial charge in [0.2, 0.25) is 17.7 Å². The van der Waals surface area contributed by atoms with Crippen LogP contribution < -0.4 is 10.1 Å². The van der Waals surface area contributed by atoms with Gasteiger partial charge in [0.15, 0.2) is 0 Å². The molecular weight excluding hydrogens is 400 g/mol. The molecule has 2 aliphatic rings. The van der Waals surface area contributed by atoms with Crippen molar-refractivity contribution in [3.05, 3.63) is 53.7 Å². The number of carbonyl (C=O) groups excluding carboxylic acids is 3. The Balaban J connectivity index is 1.40. The fraction of sp³-hybridized carbons (Fsp3) is 0.238. The number of piperidine rings is 1. The first-order valence-corrected chi connectivity index (χ1v) is 9.75. The van der Waals surface area contributed by atoms with Gasteiger partial charge in [0.05, 0.1) is 24.7 Å². The number of amides is 3. The predicted molar refractivity (Wildman–Crippen MR) is 107 cm³/mol. The minimum absolute atomic E-state index is 0.212. The van der Waals surface area contributed by atoms with E-state index >= 15 is 0 Å². The average molecular weight is 418 g/mol. The van der Waals surface area contributed by atoms with Crippen molar-refractivity contribution >= 4 is 17.7 Å². The Bertz CT molecular complexity index is 1220. The van der Waals surface area contributed by atoms with Crippen LogP contribution >= 0.6 is 0 Å². The Kier molecular flexibility index (Phi) is 4.46. The van der Waals surface area contributed by atoms with E-state index < -0.39 is 11.9 Å². The Morgan fingerprint density at radius 1 is 1.13 bits per heavy atom. The molecule has 1 N–H and O–H groups in total. The molecule has 0 radical (unpaired) electrons. The Labute approximate surface area is 176 Å². The summed E-state index contributed by atoms with van der Waals surface area (Å²) < 4.78 is 6.76. The van der Waals surface area contributed by atoms with Crippen LogP contribution in [0.15, 0.2) is 42.6 Å². The second-order valence-electron chi connectivity index (χ2n) is 7.35. The topological polar surface area (TPSA) is 119 Å². The molecule has 1 unspecified atom stereocenters. The lowest BCUT2D eigenvalue weighted by molar-refractivity contribution is -0.136. The van der Waals surface area contributed by atoms with Gasteiger partial charge in [-0.25, -0.2) is 9.67 Å². The Morgan fingerprint density at radius 2 is 2.00 bits per heavy atom. The zero-order chi connectivity index (χ0) is 21.5. The van der Waals surface area contributed by atoms with Gasteiger partial charge in [-0.05, 0) is 36.2 Å². The van der Waals surface area contributed by atoms with Gasteiger partial charge in [0.25, 0.3) is 5.91 Å². The molecule has 31 heavy (non-hydrogen) atoms. The minimum Gasteiger partial charge on any atom is -0.481 e. The number of aromatic nitrogens is 4. The van der Waals surface area contributed by atoms with E-state index in [1.807, 2.05) is 18.2 Å². The van der Waals surface area contributed by atoms with Crippen LogP contribution in [-0.2, 0) is 16.1 Å². The average Bonchev–Trinajstić information content (AvgIpc) is 3.39. The SMILES string of the molecule is COc1cccc(-c2cn(-c3ccc4c(c3)CN(C3CCC(=O)NC3=O)C4=O)nn2)n1. The molecule has 2 aliphatic heterocycles. The van der Waals surface area contributed by atoms with Crippen LogP contribution in [0.3, 0.4) is 0 Å². The first-order chi connectivity index (χ1) is 15.0. The van der Waals surface area contributed by atoms with Crippen molar-refractivity contribution in [3.63, 3.8) is 0 Å². The molecule has 3 amide bonds. The van der Waals surface area contributed by atoms with Crippen LogP contribution in [0.4, 0.5) is 0 Å². The van der Waals surface area contributed by atoms with Crippen LogP contribution in [0.5, 0.6) is 5.88 Å². The Morgan fingerprint density at radius 3 is 2.81 bits per heavy atom. The van der Waals surface area contributed by atoms with Crippen molar-refractivity contribution in [1.82, 2.24) is 30.2 Å². The van der Waals surface area contributed by atoms with Crippen molar-refractivity contribution < 1.29 is 19.1 Å². The molecule has 2 aromatic heterocycles. The summed E-state index contributed by atoms with van der Waals surface area (Å²) in [5.41, 5.74) is 3.29. The number of hydrogen-bond acceptors (Lipinski definition) is 7. The number of ether oxygens (including phenoxy) is 1. The molecule has 1 fully saturated rings. The zero-order valence-electron chi connectivity index (χ0n) is 16.6. The third kappa shape index (κ3) is 3.31. The van der Waals surface area contributed by atoms with E-state index in [-0.39, 0.29) is 18.2 Å². The fourth-order valence-electron chi connectivity index (χ4n) is 3.88. The molecule has 0 aliphatic carbocycles. The number of methoxy groups -OCH3 is 1. The molecule has 5 rings (SSSR count). The number of carbonyl (C=O) groups is 3. The molecule has 10 nitrogen and oxygen atoms in total. The number of imide groups is 1.